The molecule has 2 N–H and O–H groups in total. The summed E-state index contributed by atoms with van der Waals surface area (Å²) in [6, 6.07) is 7.18. The van der Waals surface area contributed by atoms with E-state index in [1.165, 1.54) is 18.2 Å². The van der Waals surface area contributed by atoms with Gasteiger partial charge >= 0.3 is 0 Å². The Morgan fingerprint density at radius 3 is 2.51 bits per heavy atom. The number of nitrogens with two attached hydrogens (primary N) is 1. The van der Waals surface area contributed by atoms with Crippen molar-refractivity contribution in [2.75, 3.05) is 0 Å². The molecular weight excluding hydrogens is 452 g/mol. The van der Waals surface area contributed by atoms with Gasteiger partial charge in [0.05, 0.1) is 34.5 Å². The minimum absolute atomic E-state index is 0.0200. The first kappa shape index (κ1) is 24.1. The third kappa shape index (κ3) is 5.21. The number of aromatic nitrogens is 6. The summed E-state index contributed by atoms with van der Waals surface area (Å²) >= 11 is 0. The van der Waals surface area contributed by atoms with Gasteiger partial charge in [-0.05, 0) is 35.7 Å². The molecule has 8 nitrogen and oxygen atoms in total. The van der Waals surface area contributed by atoms with Gasteiger partial charge in [0, 0.05) is 31.2 Å². The fourth-order valence-corrected chi connectivity index (χ4v) is 3.78. The maximum atomic E-state index is 14.3. The van der Waals surface area contributed by atoms with Crippen LogP contribution in [0.2, 0.25) is 0 Å². The summed E-state index contributed by atoms with van der Waals surface area (Å²) < 4.78 is 30.2. The second kappa shape index (κ2) is 10.0. The molecule has 1 unspecified atom stereocenters. The van der Waals surface area contributed by atoms with Gasteiger partial charge in [0.1, 0.15) is 11.6 Å². The lowest BCUT2D eigenvalue weighted by Gasteiger charge is -2.18. The van der Waals surface area contributed by atoms with E-state index in [0.29, 0.717) is 29.3 Å². The predicted octanol–water partition coefficient (Wildman–Crippen LogP) is 4.09. The Labute approximate surface area is 201 Å². The van der Waals surface area contributed by atoms with Gasteiger partial charge in [0.15, 0.2) is 5.82 Å². The molecule has 0 fully saturated rings. The predicted molar refractivity (Wildman–Crippen MR) is 126 cm³/mol. The third-order valence-electron chi connectivity index (χ3n) is 5.70. The molecule has 35 heavy (non-hydrogen) atoms. The van der Waals surface area contributed by atoms with Crippen molar-refractivity contribution < 1.29 is 13.6 Å². The van der Waals surface area contributed by atoms with Crippen molar-refractivity contribution in [1.82, 2.24) is 29.9 Å². The van der Waals surface area contributed by atoms with Crippen molar-refractivity contribution in [3.63, 3.8) is 0 Å². The van der Waals surface area contributed by atoms with Crippen molar-refractivity contribution >= 4 is 5.91 Å². The summed E-state index contributed by atoms with van der Waals surface area (Å²) in [5.41, 5.74) is 7.96. The number of carbonyl (C=O) groups excluding carboxylic acids is 1. The molecule has 3 aromatic heterocycles. The summed E-state index contributed by atoms with van der Waals surface area (Å²) in [6.45, 7) is 5.89. The number of primary amides is 1. The van der Waals surface area contributed by atoms with Gasteiger partial charge in [0.25, 0.3) is 0 Å². The molecule has 10 heteroatoms. The first-order valence-electron chi connectivity index (χ1n) is 11.2. The maximum Gasteiger partial charge on any atom is 0.217 e. The topological polar surface area (TPSA) is 112 Å². The maximum absolute atomic E-state index is 14.3. The molecule has 0 aliphatic carbocycles. The highest BCUT2D eigenvalue weighted by Gasteiger charge is 2.22. The SMILES string of the molecule is CC(C)c1cc(-c2c(F)cccc2F)nnc1C(C)c1cncc(-n2ccc(CCC(N)=O)n2)n1. The summed E-state index contributed by atoms with van der Waals surface area (Å²) in [5, 5.41) is 13.0. The fraction of sp³-hybridized carbons (Fsp3) is 0.280. The molecule has 180 valence electrons. The molecule has 0 radical (unpaired) electrons. The minimum Gasteiger partial charge on any atom is -0.370 e. The molecule has 1 amide bonds. The van der Waals surface area contributed by atoms with Crippen molar-refractivity contribution in [2.45, 2.75) is 45.4 Å². The van der Waals surface area contributed by atoms with Gasteiger partial charge in [0.2, 0.25) is 5.91 Å². The zero-order valence-corrected chi connectivity index (χ0v) is 19.6. The van der Waals surface area contributed by atoms with Gasteiger partial charge in [-0.1, -0.05) is 26.8 Å². The Morgan fingerprint density at radius 1 is 1.09 bits per heavy atom. The van der Waals surface area contributed by atoms with E-state index in [0.717, 1.165) is 5.56 Å². The molecular formula is C25H25F2N7O. The molecule has 1 atom stereocenters. The zero-order valence-electron chi connectivity index (χ0n) is 19.6. The van der Waals surface area contributed by atoms with Crippen LogP contribution in [-0.2, 0) is 11.2 Å². The summed E-state index contributed by atoms with van der Waals surface area (Å²) in [7, 11) is 0. The Hall–Kier alpha value is -4.08. The molecule has 0 bridgehead atoms. The Kier molecular flexibility index (Phi) is 6.90. The number of benzene rings is 1. The summed E-state index contributed by atoms with van der Waals surface area (Å²) in [5.74, 6) is -1.54. The van der Waals surface area contributed by atoms with E-state index in [-0.39, 0.29) is 35.4 Å². The van der Waals surface area contributed by atoms with E-state index >= 15 is 0 Å². The van der Waals surface area contributed by atoms with Crippen LogP contribution in [0.4, 0.5) is 8.78 Å². The largest absolute Gasteiger partial charge is 0.370 e. The molecule has 1 aromatic carbocycles. The van der Waals surface area contributed by atoms with Crippen molar-refractivity contribution in [3.8, 4) is 17.1 Å². The van der Waals surface area contributed by atoms with E-state index < -0.39 is 11.6 Å². The highest BCUT2D eigenvalue weighted by molar-refractivity contribution is 5.73. The molecule has 0 aliphatic rings. The number of hydrogen-bond acceptors (Lipinski definition) is 6. The van der Waals surface area contributed by atoms with Crippen LogP contribution in [-0.4, -0.2) is 35.9 Å². The lowest BCUT2D eigenvalue weighted by molar-refractivity contribution is -0.118. The quantitative estimate of drug-likeness (QED) is 0.409. The number of hydrogen-bond donors (Lipinski definition) is 1. The van der Waals surface area contributed by atoms with E-state index in [2.05, 4.69) is 20.3 Å². The molecule has 4 rings (SSSR count). The van der Waals surface area contributed by atoms with Crippen LogP contribution >= 0.6 is 0 Å². The number of rotatable bonds is 8. The van der Waals surface area contributed by atoms with Crippen molar-refractivity contribution in [1.29, 1.82) is 0 Å². The minimum atomic E-state index is -0.692. The molecule has 0 spiro atoms. The Balaban J connectivity index is 1.67. The molecule has 0 saturated heterocycles. The molecule has 3 heterocycles. The van der Waals surface area contributed by atoms with Crippen molar-refractivity contribution in [3.05, 3.63) is 83.2 Å². The summed E-state index contributed by atoms with van der Waals surface area (Å²) in [4.78, 5) is 20.0. The molecule has 0 aliphatic heterocycles. The van der Waals surface area contributed by atoms with Crippen molar-refractivity contribution in [2.24, 2.45) is 5.73 Å². The van der Waals surface area contributed by atoms with E-state index in [1.54, 1.807) is 35.4 Å². The van der Waals surface area contributed by atoms with Gasteiger partial charge in [-0.2, -0.15) is 15.3 Å². The van der Waals surface area contributed by atoms with Crippen LogP contribution in [0, 0.1) is 11.6 Å². The standard InChI is InChI=1S/C25H25F2N7O/c1-14(2)17-11-20(24-18(26)5-4-6-19(24)27)31-32-25(17)15(3)21-12-29-13-23(30-21)34-10-9-16(33-34)7-8-22(28)35/h4-6,9-15H,7-8H2,1-3H3,(H2,28,35). The normalized spacial score (nSPS) is 12.2. The number of aryl methyl sites for hydroxylation is 1. The first-order valence-corrected chi connectivity index (χ1v) is 11.2. The van der Waals surface area contributed by atoms with E-state index in [4.69, 9.17) is 10.7 Å². The molecule has 0 saturated carbocycles. The second-order valence-electron chi connectivity index (χ2n) is 8.56. The number of halogens is 2. The first-order chi connectivity index (χ1) is 16.7. The number of nitrogens with zero attached hydrogens (tertiary/aromatic N) is 6. The average molecular weight is 478 g/mol. The van der Waals surface area contributed by atoms with Crippen LogP contribution in [0.25, 0.3) is 17.1 Å². The monoisotopic (exact) mass is 477 g/mol. The van der Waals surface area contributed by atoms with Crippen LogP contribution in [0.3, 0.4) is 0 Å². The van der Waals surface area contributed by atoms with Gasteiger partial charge in [-0.3, -0.25) is 9.78 Å². The van der Waals surface area contributed by atoms with Crippen LogP contribution in [0.15, 0.2) is 48.9 Å². The number of amides is 1. The average Bonchev–Trinajstić information content (AvgIpc) is 3.31. The zero-order chi connectivity index (χ0) is 25.1. The highest BCUT2D eigenvalue weighted by Crippen LogP contribution is 2.32. The lowest BCUT2D eigenvalue weighted by atomic mass is 9.92. The lowest BCUT2D eigenvalue weighted by Crippen LogP contribution is -2.12. The summed E-state index contributed by atoms with van der Waals surface area (Å²) in [6.07, 6.45) is 5.62. The van der Waals surface area contributed by atoms with E-state index in [9.17, 15) is 13.6 Å². The van der Waals surface area contributed by atoms with Crippen LogP contribution in [0.1, 0.15) is 61.7 Å². The van der Waals surface area contributed by atoms with Gasteiger partial charge < -0.3 is 5.73 Å². The third-order valence-corrected chi connectivity index (χ3v) is 5.70. The van der Waals surface area contributed by atoms with Crippen LogP contribution < -0.4 is 5.73 Å². The Bertz CT molecular complexity index is 1350. The number of carbonyl (C=O) groups is 1. The highest BCUT2D eigenvalue weighted by atomic mass is 19.1. The second-order valence-corrected chi connectivity index (χ2v) is 8.56. The van der Waals surface area contributed by atoms with Crippen LogP contribution in [0.5, 0.6) is 0 Å². The van der Waals surface area contributed by atoms with Gasteiger partial charge in [-0.15, -0.1) is 0 Å². The molecule has 4 aromatic rings. The fourth-order valence-electron chi connectivity index (χ4n) is 3.78. The van der Waals surface area contributed by atoms with E-state index in [1.807, 2.05) is 20.8 Å². The van der Waals surface area contributed by atoms with Gasteiger partial charge in [-0.25, -0.2) is 18.4 Å². The smallest absolute Gasteiger partial charge is 0.217 e. The Morgan fingerprint density at radius 2 is 1.83 bits per heavy atom.